The number of hydrogen-bond donors (Lipinski definition) is 3. The van der Waals surface area contributed by atoms with Gasteiger partial charge in [-0.05, 0) is 50.2 Å². The molecule has 12 nitrogen and oxygen atoms in total. The first-order chi connectivity index (χ1) is 21.0. The molecule has 0 fully saturated rings. The number of aliphatic hydroxyl groups excluding tert-OH is 1. The molecule has 0 unspecified atom stereocenters. The SMILES string of the molecule is Cc1ccc(S(=O)(=O)Nc2cccc3c2O[C@H](CN(C)C(=O)Nc2ccc4c(c2)OCO4)[C@@H](C)CN([C@@H](C)CO)C3=O)cc1. The fourth-order valence-corrected chi connectivity index (χ4v) is 6.07. The van der Waals surface area contributed by atoms with Crippen molar-refractivity contribution in [3.63, 3.8) is 0 Å². The quantitative estimate of drug-likeness (QED) is 0.342. The van der Waals surface area contributed by atoms with Gasteiger partial charge in [0.2, 0.25) is 6.79 Å². The summed E-state index contributed by atoms with van der Waals surface area (Å²) in [6.45, 7) is 5.65. The Morgan fingerprint density at radius 2 is 1.84 bits per heavy atom. The second kappa shape index (κ2) is 12.6. The predicted octanol–water partition coefficient (Wildman–Crippen LogP) is 3.91. The lowest BCUT2D eigenvalue weighted by molar-refractivity contribution is 0.0373. The number of hydrogen-bond acceptors (Lipinski definition) is 8. The van der Waals surface area contributed by atoms with Gasteiger partial charge >= 0.3 is 6.03 Å². The maximum atomic E-state index is 13.7. The smallest absolute Gasteiger partial charge is 0.321 e. The van der Waals surface area contributed by atoms with E-state index in [1.807, 2.05) is 13.8 Å². The molecule has 234 valence electrons. The number of benzene rings is 3. The van der Waals surface area contributed by atoms with Crippen molar-refractivity contribution in [2.24, 2.45) is 5.92 Å². The molecule has 3 amide bonds. The molecule has 3 N–H and O–H groups in total. The van der Waals surface area contributed by atoms with Crippen LogP contribution in [0.4, 0.5) is 16.2 Å². The summed E-state index contributed by atoms with van der Waals surface area (Å²) in [7, 11) is -2.42. The molecule has 2 aliphatic rings. The number of aliphatic hydroxyl groups is 1. The summed E-state index contributed by atoms with van der Waals surface area (Å²) < 4.78 is 46.4. The van der Waals surface area contributed by atoms with E-state index in [1.165, 1.54) is 23.1 Å². The first-order valence-electron chi connectivity index (χ1n) is 14.2. The molecule has 44 heavy (non-hydrogen) atoms. The van der Waals surface area contributed by atoms with Gasteiger partial charge in [0.05, 0.1) is 35.3 Å². The van der Waals surface area contributed by atoms with Crippen LogP contribution in [0, 0.1) is 12.8 Å². The average Bonchev–Trinajstić information content (AvgIpc) is 3.47. The molecule has 0 saturated carbocycles. The van der Waals surface area contributed by atoms with Gasteiger partial charge in [-0.25, -0.2) is 13.2 Å². The number of urea groups is 1. The number of fused-ring (bicyclic) bond motifs is 2. The summed E-state index contributed by atoms with van der Waals surface area (Å²) in [6, 6.07) is 15.2. The third-order valence-corrected chi connectivity index (χ3v) is 9.07. The van der Waals surface area contributed by atoms with Gasteiger partial charge in [0.15, 0.2) is 17.2 Å². The number of nitrogens with zero attached hydrogens (tertiary/aromatic N) is 2. The summed E-state index contributed by atoms with van der Waals surface area (Å²) in [4.78, 5) is 30.0. The summed E-state index contributed by atoms with van der Waals surface area (Å²) in [5, 5.41) is 12.8. The van der Waals surface area contributed by atoms with Crippen molar-refractivity contribution in [3.05, 3.63) is 71.8 Å². The second-order valence-corrected chi connectivity index (χ2v) is 12.8. The summed E-state index contributed by atoms with van der Waals surface area (Å²) >= 11 is 0. The molecule has 0 bridgehead atoms. The van der Waals surface area contributed by atoms with Crippen LogP contribution in [0.15, 0.2) is 65.6 Å². The Morgan fingerprint density at radius 3 is 2.57 bits per heavy atom. The molecular formula is C31H36N4O8S. The molecule has 0 radical (unpaired) electrons. The van der Waals surface area contributed by atoms with Crippen molar-refractivity contribution < 1.29 is 37.3 Å². The summed E-state index contributed by atoms with van der Waals surface area (Å²) in [5.41, 5.74) is 1.65. The second-order valence-electron chi connectivity index (χ2n) is 11.1. The van der Waals surface area contributed by atoms with Crippen LogP contribution in [0.1, 0.15) is 29.8 Å². The molecule has 2 heterocycles. The molecule has 0 spiro atoms. The zero-order valence-corrected chi connectivity index (χ0v) is 25.8. The molecule has 0 aromatic heterocycles. The Hall–Kier alpha value is -4.49. The standard InChI is InChI=1S/C31H36N4O8S/c1-19-8-11-23(12-9-19)44(39,40)33-25-7-5-6-24-29(25)43-28(20(2)15-35(30(24)37)21(3)17-36)16-34(4)31(38)32-22-10-13-26-27(14-22)42-18-41-26/h5-14,20-21,28,33,36H,15-18H2,1-4H3,(H,32,38)/t20-,21-,28+/m0/s1. The van der Waals surface area contributed by atoms with Crippen LogP contribution in [0.25, 0.3) is 0 Å². The van der Waals surface area contributed by atoms with E-state index in [4.69, 9.17) is 14.2 Å². The average molecular weight is 625 g/mol. The minimum Gasteiger partial charge on any atom is -0.485 e. The number of carbonyl (C=O) groups excluding carboxylic acids is 2. The van der Waals surface area contributed by atoms with Crippen molar-refractivity contribution >= 4 is 33.3 Å². The van der Waals surface area contributed by atoms with Gasteiger partial charge in [-0.3, -0.25) is 9.52 Å². The van der Waals surface area contributed by atoms with Crippen molar-refractivity contribution in [2.45, 2.75) is 37.8 Å². The highest BCUT2D eigenvalue weighted by molar-refractivity contribution is 7.92. The Kier molecular flexibility index (Phi) is 8.88. The number of sulfonamides is 1. The molecule has 0 saturated heterocycles. The molecule has 13 heteroatoms. The van der Waals surface area contributed by atoms with E-state index in [0.29, 0.717) is 17.2 Å². The maximum Gasteiger partial charge on any atom is 0.321 e. The lowest BCUT2D eigenvalue weighted by Crippen LogP contribution is -2.50. The minimum absolute atomic E-state index is 0.0458. The monoisotopic (exact) mass is 624 g/mol. The number of carbonyl (C=O) groups is 2. The molecule has 5 rings (SSSR count). The third kappa shape index (κ3) is 6.53. The van der Waals surface area contributed by atoms with Crippen LogP contribution in [-0.4, -0.2) is 80.9 Å². The number of ether oxygens (including phenoxy) is 3. The highest BCUT2D eigenvalue weighted by atomic mass is 32.2. The minimum atomic E-state index is -4.03. The Morgan fingerprint density at radius 1 is 1.11 bits per heavy atom. The van der Waals surface area contributed by atoms with Gasteiger partial charge in [0.1, 0.15) is 6.10 Å². The number of aryl methyl sites for hydroxylation is 1. The molecule has 2 aliphatic heterocycles. The van der Waals surface area contributed by atoms with Crippen LogP contribution in [0.3, 0.4) is 0 Å². The highest BCUT2D eigenvalue weighted by Gasteiger charge is 2.35. The van der Waals surface area contributed by atoms with Gasteiger partial charge in [-0.2, -0.15) is 0 Å². The van der Waals surface area contributed by atoms with Gasteiger partial charge in [0, 0.05) is 31.3 Å². The predicted molar refractivity (Wildman–Crippen MR) is 164 cm³/mol. The van der Waals surface area contributed by atoms with E-state index in [0.717, 1.165) is 5.56 Å². The van der Waals surface area contributed by atoms with Gasteiger partial charge in [-0.1, -0.05) is 30.7 Å². The Balaban J connectivity index is 1.44. The molecule has 3 atom stereocenters. The third-order valence-electron chi connectivity index (χ3n) is 7.69. The number of likely N-dealkylation sites (N-methyl/N-ethyl adjacent to an activating group) is 1. The van der Waals surface area contributed by atoms with E-state index in [1.54, 1.807) is 61.3 Å². The van der Waals surface area contributed by atoms with Crippen LogP contribution >= 0.6 is 0 Å². The lowest BCUT2D eigenvalue weighted by atomic mass is 9.99. The molecular weight excluding hydrogens is 588 g/mol. The van der Waals surface area contributed by atoms with Crippen LogP contribution in [0.2, 0.25) is 0 Å². The van der Waals surface area contributed by atoms with E-state index < -0.39 is 34.1 Å². The van der Waals surface area contributed by atoms with Crippen LogP contribution in [-0.2, 0) is 10.0 Å². The van der Waals surface area contributed by atoms with Crippen LogP contribution in [0.5, 0.6) is 17.2 Å². The van der Waals surface area contributed by atoms with Gasteiger partial charge in [-0.15, -0.1) is 0 Å². The number of para-hydroxylation sites is 1. The first kappa shape index (κ1) is 31.0. The van der Waals surface area contributed by atoms with E-state index >= 15 is 0 Å². The fourth-order valence-electron chi connectivity index (χ4n) is 5.01. The number of amides is 3. The van der Waals surface area contributed by atoms with Crippen molar-refractivity contribution in [1.29, 1.82) is 0 Å². The first-order valence-corrected chi connectivity index (χ1v) is 15.7. The fraction of sp³-hybridized carbons (Fsp3) is 0.355. The normalized spacial score (nSPS) is 18.4. The van der Waals surface area contributed by atoms with E-state index in [2.05, 4.69) is 10.0 Å². The van der Waals surface area contributed by atoms with E-state index in [-0.39, 0.29) is 54.3 Å². The largest absolute Gasteiger partial charge is 0.485 e. The lowest BCUT2D eigenvalue weighted by Gasteiger charge is -2.38. The van der Waals surface area contributed by atoms with Gasteiger partial charge in [0.25, 0.3) is 15.9 Å². The van der Waals surface area contributed by atoms with Crippen molar-refractivity contribution in [2.75, 3.05) is 43.6 Å². The zero-order valence-electron chi connectivity index (χ0n) is 24.9. The Bertz CT molecular complexity index is 1650. The number of anilines is 2. The zero-order chi connectivity index (χ0) is 31.6. The number of nitrogens with one attached hydrogen (secondary N) is 2. The summed E-state index contributed by atoms with van der Waals surface area (Å²) in [5.74, 6) is 0.449. The van der Waals surface area contributed by atoms with E-state index in [9.17, 15) is 23.1 Å². The van der Waals surface area contributed by atoms with Crippen molar-refractivity contribution in [3.8, 4) is 17.2 Å². The molecule has 3 aromatic carbocycles. The summed E-state index contributed by atoms with van der Waals surface area (Å²) in [6.07, 6.45) is -0.659. The Labute approximate surface area is 256 Å². The highest BCUT2D eigenvalue weighted by Crippen LogP contribution is 2.37. The van der Waals surface area contributed by atoms with Crippen LogP contribution < -0.4 is 24.2 Å². The molecule has 0 aliphatic carbocycles. The maximum absolute atomic E-state index is 13.7. The molecule has 3 aromatic rings. The number of rotatable bonds is 8. The van der Waals surface area contributed by atoms with Crippen molar-refractivity contribution in [1.82, 2.24) is 9.80 Å². The topological polar surface area (TPSA) is 147 Å². The van der Waals surface area contributed by atoms with Gasteiger partial charge < -0.3 is 34.4 Å².